The maximum atomic E-state index is 14.2. The van der Waals surface area contributed by atoms with Gasteiger partial charge in [-0.3, -0.25) is 4.90 Å². The Hall–Kier alpha value is -1.27. The van der Waals surface area contributed by atoms with Gasteiger partial charge in [-0.25, -0.2) is 14.4 Å². The SMILES string of the molecule is CCc1ncnc(N2CCN(CCOC)CC2)c1F. The Bertz CT molecular complexity index is 408. The Morgan fingerprint density at radius 3 is 2.63 bits per heavy atom. The van der Waals surface area contributed by atoms with Crippen molar-refractivity contribution in [2.24, 2.45) is 0 Å². The molecular formula is C13H21FN4O. The molecule has 1 aromatic heterocycles. The highest BCUT2D eigenvalue weighted by Gasteiger charge is 2.21. The number of piperazine rings is 1. The molecule has 1 fully saturated rings. The van der Waals surface area contributed by atoms with Crippen LogP contribution < -0.4 is 4.90 Å². The van der Waals surface area contributed by atoms with Crippen LogP contribution >= 0.6 is 0 Å². The number of nitrogens with zero attached hydrogens (tertiary/aromatic N) is 4. The number of aryl methyl sites for hydroxylation is 1. The van der Waals surface area contributed by atoms with Crippen LogP contribution in [0.25, 0.3) is 0 Å². The van der Waals surface area contributed by atoms with Gasteiger partial charge in [0.25, 0.3) is 0 Å². The van der Waals surface area contributed by atoms with E-state index in [0.717, 1.165) is 39.3 Å². The minimum atomic E-state index is -0.268. The molecule has 0 spiro atoms. The fourth-order valence-electron chi connectivity index (χ4n) is 2.27. The van der Waals surface area contributed by atoms with E-state index in [2.05, 4.69) is 14.9 Å². The number of rotatable bonds is 5. The summed E-state index contributed by atoms with van der Waals surface area (Å²) in [4.78, 5) is 12.4. The monoisotopic (exact) mass is 268 g/mol. The summed E-state index contributed by atoms with van der Waals surface area (Å²) in [5.74, 6) is 0.175. The molecule has 0 amide bonds. The van der Waals surface area contributed by atoms with Crippen molar-refractivity contribution in [1.82, 2.24) is 14.9 Å². The molecule has 0 saturated carbocycles. The van der Waals surface area contributed by atoms with Gasteiger partial charge in [0.15, 0.2) is 11.6 Å². The second kappa shape index (κ2) is 6.77. The average molecular weight is 268 g/mol. The van der Waals surface area contributed by atoms with Gasteiger partial charge in [0.05, 0.1) is 12.3 Å². The van der Waals surface area contributed by atoms with Gasteiger partial charge < -0.3 is 9.64 Å². The van der Waals surface area contributed by atoms with E-state index in [9.17, 15) is 4.39 Å². The van der Waals surface area contributed by atoms with Crippen LogP contribution in [0.1, 0.15) is 12.6 Å². The second-order valence-electron chi connectivity index (χ2n) is 4.63. The summed E-state index contributed by atoms with van der Waals surface area (Å²) in [6, 6.07) is 0. The van der Waals surface area contributed by atoms with Crippen LogP contribution in [0, 0.1) is 5.82 Å². The second-order valence-corrected chi connectivity index (χ2v) is 4.63. The summed E-state index contributed by atoms with van der Waals surface area (Å²) < 4.78 is 19.2. The third kappa shape index (κ3) is 3.39. The zero-order valence-corrected chi connectivity index (χ0v) is 11.6. The van der Waals surface area contributed by atoms with Gasteiger partial charge in [0, 0.05) is 39.8 Å². The molecule has 1 aromatic rings. The lowest BCUT2D eigenvalue weighted by molar-refractivity contribution is 0.143. The van der Waals surface area contributed by atoms with Crippen molar-refractivity contribution >= 4 is 5.82 Å². The highest BCUT2D eigenvalue weighted by Crippen LogP contribution is 2.19. The largest absolute Gasteiger partial charge is 0.383 e. The maximum absolute atomic E-state index is 14.2. The van der Waals surface area contributed by atoms with E-state index in [1.807, 2.05) is 11.8 Å². The number of methoxy groups -OCH3 is 1. The molecule has 2 rings (SSSR count). The first-order valence-corrected chi connectivity index (χ1v) is 6.71. The predicted molar refractivity (Wildman–Crippen MR) is 71.9 cm³/mol. The topological polar surface area (TPSA) is 41.5 Å². The Balaban J connectivity index is 1.98. The summed E-state index contributed by atoms with van der Waals surface area (Å²) in [6.07, 6.45) is 2.05. The Labute approximate surface area is 113 Å². The molecule has 0 N–H and O–H groups in total. The minimum Gasteiger partial charge on any atom is -0.383 e. The fraction of sp³-hybridized carbons (Fsp3) is 0.692. The third-order valence-corrected chi connectivity index (χ3v) is 3.46. The van der Waals surface area contributed by atoms with Crippen molar-refractivity contribution in [3.05, 3.63) is 17.8 Å². The van der Waals surface area contributed by atoms with Crippen molar-refractivity contribution in [2.45, 2.75) is 13.3 Å². The first kappa shape index (κ1) is 14.1. The van der Waals surface area contributed by atoms with E-state index >= 15 is 0 Å². The van der Waals surface area contributed by atoms with Crippen molar-refractivity contribution in [3.63, 3.8) is 0 Å². The molecule has 2 heterocycles. The zero-order chi connectivity index (χ0) is 13.7. The van der Waals surface area contributed by atoms with Crippen LogP contribution in [0.3, 0.4) is 0 Å². The molecule has 5 nitrogen and oxygen atoms in total. The molecule has 1 aliphatic heterocycles. The highest BCUT2D eigenvalue weighted by molar-refractivity contribution is 5.41. The van der Waals surface area contributed by atoms with Gasteiger partial charge in [-0.15, -0.1) is 0 Å². The molecule has 1 saturated heterocycles. The van der Waals surface area contributed by atoms with Crippen molar-refractivity contribution in [1.29, 1.82) is 0 Å². The molecule has 6 heteroatoms. The molecule has 0 bridgehead atoms. The van der Waals surface area contributed by atoms with E-state index in [0.29, 0.717) is 17.9 Å². The van der Waals surface area contributed by atoms with Crippen LogP contribution in [-0.4, -0.2) is 61.3 Å². The quantitative estimate of drug-likeness (QED) is 0.795. The number of aromatic nitrogens is 2. The molecule has 1 aliphatic rings. The summed E-state index contributed by atoms with van der Waals surface area (Å²) in [6.45, 7) is 6.97. The smallest absolute Gasteiger partial charge is 0.187 e. The third-order valence-electron chi connectivity index (χ3n) is 3.46. The maximum Gasteiger partial charge on any atom is 0.187 e. The summed E-state index contributed by atoms with van der Waals surface area (Å²) in [5, 5.41) is 0. The summed E-state index contributed by atoms with van der Waals surface area (Å²) >= 11 is 0. The Morgan fingerprint density at radius 1 is 1.26 bits per heavy atom. The first-order valence-electron chi connectivity index (χ1n) is 6.71. The van der Waals surface area contributed by atoms with Crippen LogP contribution in [0.2, 0.25) is 0 Å². The highest BCUT2D eigenvalue weighted by atomic mass is 19.1. The van der Waals surface area contributed by atoms with Gasteiger partial charge in [0.2, 0.25) is 0 Å². The van der Waals surface area contributed by atoms with Gasteiger partial charge in [0.1, 0.15) is 6.33 Å². The molecular weight excluding hydrogens is 247 g/mol. The molecule has 0 atom stereocenters. The van der Waals surface area contributed by atoms with Crippen molar-refractivity contribution in [3.8, 4) is 0 Å². The molecule has 0 aliphatic carbocycles. The first-order chi connectivity index (χ1) is 9.26. The van der Waals surface area contributed by atoms with E-state index in [4.69, 9.17) is 4.74 Å². The number of halogens is 1. The minimum absolute atomic E-state index is 0.268. The normalized spacial score (nSPS) is 16.9. The average Bonchev–Trinajstić information content (AvgIpc) is 2.46. The number of anilines is 1. The van der Waals surface area contributed by atoms with Crippen LogP contribution in [0.4, 0.5) is 10.2 Å². The Kier molecular flexibility index (Phi) is 5.04. The fourth-order valence-corrected chi connectivity index (χ4v) is 2.27. The number of hydrogen-bond acceptors (Lipinski definition) is 5. The zero-order valence-electron chi connectivity index (χ0n) is 11.6. The molecule has 0 radical (unpaired) electrons. The number of hydrogen-bond donors (Lipinski definition) is 0. The van der Waals surface area contributed by atoms with E-state index in [-0.39, 0.29) is 5.82 Å². The molecule has 0 unspecified atom stereocenters. The molecule has 19 heavy (non-hydrogen) atoms. The van der Waals surface area contributed by atoms with Crippen LogP contribution in [0.5, 0.6) is 0 Å². The summed E-state index contributed by atoms with van der Waals surface area (Å²) in [5.41, 5.74) is 0.492. The van der Waals surface area contributed by atoms with Gasteiger partial charge in [-0.2, -0.15) is 0 Å². The van der Waals surface area contributed by atoms with E-state index in [1.165, 1.54) is 6.33 Å². The van der Waals surface area contributed by atoms with Crippen molar-refractivity contribution < 1.29 is 9.13 Å². The van der Waals surface area contributed by atoms with Crippen molar-refractivity contribution in [2.75, 3.05) is 51.3 Å². The number of ether oxygens (including phenoxy) is 1. The molecule has 106 valence electrons. The van der Waals surface area contributed by atoms with Crippen LogP contribution in [0.15, 0.2) is 6.33 Å². The van der Waals surface area contributed by atoms with Gasteiger partial charge in [-0.05, 0) is 6.42 Å². The van der Waals surface area contributed by atoms with E-state index < -0.39 is 0 Å². The Morgan fingerprint density at radius 2 is 2.00 bits per heavy atom. The lowest BCUT2D eigenvalue weighted by Gasteiger charge is -2.35. The molecule has 0 aromatic carbocycles. The standard InChI is InChI=1S/C13H21FN4O/c1-3-11-12(14)13(16-10-15-11)18-6-4-17(5-7-18)8-9-19-2/h10H,3-9H2,1-2H3. The van der Waals surface area contributed by atoms with Gasteiger partial charge >= 0.3 is 0 Å². The van der Waals surface area contributed by atoms with Gasteiger partial charge in [-0.1, -0.05) is 6.92 Å². The van der Waals surface area contributed by atoms with E-state index in [1.54, 1.807) is 7.11 Å². The lowest BCUT2D eigenvalue weighted by Crippen LogP contribution is -2.47. The predicted octanol–water partition coefficient (Wildman–Crippen LogP) is 0.947. The summed E-state index contributed by atoms with van der Waals surface area (Å²) in [7, 11) is 1.71. The van der Waals surface area contributed by atoms with Crippen LogP contribution in [-0.2, 0) is 11.2 Å². The lowest BCUT2D eigenvalue weighted by atomic mass is 10.2.